The van der Waals surface area contributed by atoms with Crippen LogP contribution in [-0.2, 0) is 4.74 Å². The summed E-state index contributed by atoms with van der Waals surface area (Å²) >= 11 is 0. The Kier molecular flexibility index (Phi) is 3.01. The van der Waals surface area contributed by atoms with Crippen molar-refractivity contribution >= 4 is 11.5 Å². The van der Waals surface area contributed by atoms with E-state index in [0.29, 0.717) is 11.9 Å². The smallest absolute Gasteiger partial charge is 0.220 e. The predicted octanol–water partition coefficient (Wildman–Crippen LogP) is 3.03. The number of ether oxygens (including phenoxy) is 1. The third-order valence-electron chi connectivity index (χ3n) is 3.98. The van der Waals surface area contributed by atoms with Gasteiger partial charge >= 0.3 is 0 Å². The zero-order chi connectivity index (χ0) is 13.4. The molecule has 3 rings (SSSR count). The average Bonchev–Trinajstić information content (AvgIpc) is 2.91. The van der Waals surface area contributed by atoms with Crippen LogP contribution in [0.2, 0.25) is 0 Å². The summed E-state index contributed by atoms with van der Waals surface area (Å²) in [5.74, 6) is 1.74. The van der Waals surface area contributed by atoms with Crippen molar-refractivity contribution in [1.82, 2.24) is 9.97 Å². The fraction of sp³-hybridized carbons (Fsp3) is 0.467. The van der Waals surface area contributed by atoms with Crippen molar-refractivity contribution in [2.45, 2.75) is 38.5 Å². The molecule has 19 heavy (non-hydrogen) atoms. The van der Waals surface area contributed by atoms with E-state index in [1.165, 1.54) is 17.6 Å². The second kappa shape index (κ2) is 4.68. The number of allylic oxidation sites excluding steroid dienone is 4. The maximum absolute atomic E-state index is 5.77. The van der Waals surface area contributed by atoms with Crippen molar-refractivity contribution in [2.24, 2.45) is 0 Å². The van der Waals surface area contributed by atoms with Gasteiger partial charge in [-0.25, -0.2) is 9.97 Å². The summed E-state index contributed by atoms with van der Waals surface area (Å²) in [5, 5.41) is 0. The van der Waals surface area contributed by atoms with Gasteiger partial charge in [-0.3, -0.25) is 0 Å². The fourth-order valence-electron chi connectivity index (χ4n) is 3.00. The SMILES string of the molecule is COC1=C(C2=CCCC2)c2nc(N)ncc2C(C)C1. The van der Waals surface area contributed by atoms with Gasteiger partial charge in [0.15, 0.2) is 0 Å². The summed E-state index contributed by atoms with van der Waals surface area (Å²) in [6.45, 7) is 2.18. The van der Waals surface area contributed by atoms with E-state index in [1.54, 1.807) is 7.11 Å². The Balaban J connectivity index is 2.20. The molecule has 0 radical (unpaired) electrons. The Morgan fingerprint density at radius 3 is 2.95 bits per heavy atom. The number of nitrogens with zero attached hydrogens (tertiary/aromatic N) is 2. The first-order valence-corrected chi connectivity index (χ1v) is 6.80. The van der Waals surface area contributed by atoms with Crippen molar-refractivity contribution in [2.75, 3.05) is 12.8 Å². The van der Waals surface area contributed by atoms with Crippen molar-refractivity contribution in [1.29, 1.82) is 0 Å². The molecule has 1 aromatic rings. The van der Waals surface area contributed by atoms with E-state index < -0.39 is 0 Å². The van der Waals surface area contributed by atoms with Crippen LogP contribution in [0, 0.1) is 0 Å². The molecule has 1 unspecified atom stereocenters. The Bertz CT molecular complexity index is 575. The van der Waals surface area contributed by atoms with Gasteiger partial charge in [0, 0.05) is 23.8 Å². The number of nitrogens with two attached hydrogens (primary N) is 1. The Labute approximate surface area is 113 Å². The third kappa shape index (κ3) is 2.01. The lowest BCUT2D eigenvalue weighted by molar-refractivity contribution is 0.271. The normalized spacial score (nSPS) is 22.2. The minimum Gasteiger partial charge on any atom is -0.500 e. The minimum atomic E-state index is 0.333. The summed E-state index contributed by atoms with van der Waals surface area (Å²) in [6, 6.07) is 0. The molecule has 2 N–H and O–H groups in total. The number of hydrogen-bond donors (Lipinski definition) is 1. The number of aromatic nitrogens is 2. The van der Waals surface area contributed by atoms with Crippen LogP contribution in [0.4, 0.5) is 5.95 Å². The molecule has 0 aliphatic heterocycles. The van der Waals surface area contributed by atoms with Crippen molar-refractivity contribution in [3.8, 4) is 0 Å². The zero-order valence-corrected chi connectivity index (χ0v) is 11.4. The van der Waals surface area contributed by atoms with E-state index in [9.17, 15) is 0 Å². The standard InChI is InChI=1S/C15H19N3O/c1-9-7-12(19-2)13(10-5-3-4-6-10)14-11(9)8-17-15(16)18-14/h5,8-9H,3-4,6-7H2,1-2H3,(H2,16,17,18). The van der Waals surface area contributed by atoms with Crippen molar-refractivity contribution in [3.63, 3.8) is 0 Å². The molecule has 0 saturated carbocycles. The molecule has 0 fully saturated rings. The van der Waals surface area contributed by atoms with Crippen LogP contribution >= 0.6 is 0 Å². The van der Waals surface area contributed by atoms with E-state index in [2.05, 4.69) is 23.0 Å². The van der Waals surface area contributed by atoms with E-state index in [4.69, 9.17) is 10.5 Å². The molecule has 4 nitrogen and oxygen atoms in total. The molecule has 1 atom stereocenters. The molecular weight excluding hydrogens is 238 g/mol. The predicted molar refractivity (Wildman–Crippen MR) is 75.3 cm³/mol. The van der Waals surface area contributed by atoms with Crippen molar-refractivity contribution in [3.05, 3.63) is 34.9 Å². The average molecular weight is 257 g/mol. The number of rotatable bonds is 2. The van der Waals surface area contributed by atoms with Crippen LogP contribution in [0.3, 0.4) is 0 Å². The van der Waals surface area contributed by atoms with Crippen LogP contribution in [0.5, 0.6) is 0 Å². The second-order valence-electron chi connectivity index (χ2n) is 5.26. The summed E-state index contributed by atoms with van der Waals surface area (Å²) in [5.41, 5.74) is 10.4. The van der Waals surface area contributed by atoms with Crippen LogP contribution in [0.15, 0.2) is 23.6 Å². The molecule has 2 aliphatic carbocycles. The van der Waals surface area contributed by atoms with Crippen molar-refractivity contribution < 1.29 is 4.74 Å². The Morgan fingerprint density at radius 1 is 1.42 bits per heavy atom. The quantitative estimate of drug-likeness (QED) is 0.884. The highest BCUT2D eigenvalue weighted by atomic mass is 16.5. The lowest BCUT2D eigenvalue weighted by Gasteiger charge is -2.26. The molecule has 100 valence electrons. The fourth-order valence-corrected chi connectivity index (χ4v) is 3.00. The van der Waals surface area contributed by atoms with Gasteiger partial charge in [-0.2, -0.15) is 0 Å². The molecule has 1 aromatic heterocycles. The molecule has 4 heteroatoms. The van der Waals surface area contributed by atoms with E-state index >= 15 is 0 Å². The van der Waals surface area contributed by atoms with Gasteiger partial charge in [0.05, 0.1) is 12.8 Å². The minimum absolute atomic E-state index is 0.333. The molecule has 0 amide bonds. The van der Waals surface area contributed by atoms with E-state index in [1.807, 2.05) is 6.20 Å². The van der Waals surface area contributed by atoms with Crippen LogP contribution < -0.4 is 5.73 Å². The number of fused-ring (bicyclic) bond motifs is 1. The molecule has 0 bridgehead atoms. The summed E-state index contributed by atoms with van der Waals surface area (Å²) in [4.78, 5) is 8.61. The van der Waals surface area contributed by atoms with E-state index in [-0.39, 0.29) is 0 Å². The van der Waals surface area contributed by atoms with Gasteiger partial charge in [-0.15, -0.1) is 0 Å². The van der Waals surface area contributed by atoms with Gasteiger partial charge in [0.2, 0.25) is 5.95 Å². The third-order valence-corrected chi connectivity index (χ3v) is 3.98. The van der Waals surface area contributed by atoms with Gasteiger partial charge in [0.1, 0.15) is 5.76 Å². The summed E-state index contributed by atoms with van der Waals surface area (Å²) in [7, 11) is 1.74. The highest BCUT2D eigenvalue weighted by Crippen LogP contribution is 2.43. The first-order valence-electron chi connectivity index (χ1n) is 6.80. The molecule has 1 heterocycles. The van der Waals surface area contributed by atoms with Crippen LogP contribution in [0.25, 0.3) is 5.57 Å². The summed E-state index contributed by atoms with van der Waals surface area (Å²) in [6.07, 6.45) is 8.52. The lowest BCUT2D eigenvalue weighted by atomic mass is 9.83. The number of anilines is 1. The molecule has 0 aromatic carbocycles. The molecular formula is C15H19N3O. The maximum atomic E-state index is 5.77. The molecule has 2 aliphatic rings. The zero-order valence-electron chi connectivity index (χ0n) is 11.4. The Hall–Kier alpha value is -1.84. The van der Waals surface area contributed by atoms with Gasteiger partial charge in [0.25, 0.3) is 0 Å². The maximum Gasteiger partial charge on any atom is 0.220 e. The molecule has 0 saturated heterocycles. The van der Waals surface area contributed by atoms with Gasteiger partial charge in [-0.05, 0) is 30.8 Å². The molecule has 0 spiro atoms. The number of nitrogen functional groups attached to an aromatic ring is 1. The highest BCUT2D eigenvalue weighted by Gasteiger charge is 2.29. The summed E-state index contributed by atoms with van der Waals surface area (Å²) < 4.78 is 5.62. The Morgan fingerprint density at radius 2 is 2.26 bits per heavy atom. The second-order valence-corrected chi connectivity index (χ2v) is 5.26. The monoisotopic (exact) mass is 257 g/mol. The lowest BCUT2D eigenvalue weighted by Crippen LogP contribution is -2.14. The topological polar surface area (TPSA) is 61.0 Å². The largest absolute Gasteiger partial charge is 0.500 e. The number of methoxy groups -OCH3 is 1. The van der Waals surface area contributed by atoms with Gasteiger partial charge < -0.3 is 10.5 Å². The first kappa shape index (κ1) is 12.2. The van der Waals surface area contributed by atoms with E-state index in [0.717, 1.165) is 36.3 Å². The van der Waals surface area contributed by atoms with Crippen LogP contribution in [-0.4, -0.2) is 17.1 Å². The first-order chi connectivity index (χ1) is 9.20. The van der Waals surface area contributed by atoms with Gasteiger partial charge in [-0.1, -0.05) is 13.0 Å². The van der Waals surface area contributed by atoms with Crippen LogP contribution in [0.1, 0.15) is 49.8 Å². The number of hydrogen-bond acceptors (Lipinski definition) is 4. The highest BCUT2D eigenvalue weighted by molar-refractivity contribution is 5.82.